The van der Waals surface area contributed by atoms with Crippen LogP contribution >= 0.6 is 0 Å². The van der Waals surface area contributed by atoms with E-state index in [0.29, 0.717) is 23.8 Å². The molecule has 4 heteroatoms. The minimum Gasteiger partial charge on any atom is -0.496 e. The summed E-state index contributed by atoms with van der Waals surface area (Å²) in [6.45, 7) is 0.470. The Hall–Kier alpha value is -2.33. The summed E-state index contributed by atoms with van der Waals surface area (Å²) in [6, 6.07) is 17.0. The van der Waals surface area contributed by atoms with Crippen LogP contribution in [-0.2, 0) is 6.54 Å². The lowest BCUT2D eigenvalue weighted by molar-refractivity contribution is 0.0528. The Morgan fingerprint density at radius 3 is 2.46 bits per heavy atom. The van der Waals surface area contributed by atoms with E-state index in [-0.39, 0.29) is 18.6 Å². The molecule has 4 nitrogen and oxygen atoms in total. The number of aliphatic hydroxyl groups is 1. The van der Waals surface area contributed by atoms with Crippen LogP contribution in [-0.4, -0.2) is 35.7 Å². The molecule has 1 aliphatic carbocycles. The first-order valence-corrected chi connectivity index (χ1v) is 8.33. The lowest BCUT2D eigenvalue weighted by Crippen LogP contribution is -2.43. The van der Waals surface area contributed by atoms with Gasteiger partial charge in [-0.15, -0.1) is 0 Å². The molecule has 2 aromatic carbocycles. The summed E-state index contributed by atoms with van der Waals surface area (Å²) in [7, 11) is 1.57. The highest BCUT2D eigenvalue weighted by Gasteiger charge is 2.37. The summed E-state index contributed by atoms with van der Waals surface area (Å²) >= 11 is 0. The smallest absolute Gasteiger partial charge is 0.258 e. The second kappa shape index (κ2) is 7.49. The fourth-order valence-corrected chi connectivity index (χ4v) is 3.08. The van der Waals surface area contributed by atoms with Gasteiger partial charge >= 0.3 is 0 Å². The van der Waals surface area contributed by atoms with E-state index in [2.05, 4.69) is 0 Å². The van der Waals surface area contributed by atoms with Gasteiger partial charge in [0.15, 0.2) is 0 Å². The van der Waals surface area contributed by atoms with Crippen molar-refractivity contribution in [2.24, 2.45) is 5.92 Å². The van der Waals surface area contributed by atoms with Gasteiger partial charge in [0.05, 0.1) is 25.3 Å². The van der Waals surface area contributed by atoms with Crippen molar-refractivity contribution < 1.29 is 14.6 Å². The lowest BCUT2D eigenvalue weighted by atomic mass is 10.1. The highest BCUT2D eigenvalue weighted by Crippen LogP contribution is 2.36. The van der Waals surface area contributed by atoms with E-state index < -0.39 is 0 Å². The summed E-state index contributed by atoms with van der Waals surface area (Å²) in [4.78, 5) is 15.0. The number of hydrogen-bond donors (Lipinski definition) is 1. The van der Waals surface area contributed by atoms with Crippen molar-refractivity contribution in [2.75, 3.05) is 13.7 Å². The zero-order chi connectivity index (χ0) is 16.9. The first-order valence-electron chi connectivity index (χ1n) is 8.33. The van der Waals surface area contributed by atoms with E-state index in [4.69, 9.17) is 4.74 Å². The van der Waals surface area contributed by atoms with Crippen molar-refractivity contribution >= 4 is 5.91 Å². The van der Waals surface area contributed by atoms with Gasteiger partial charge in [0.1, 0.15) is 5.75 Å². The van der Waals surface area contributed by atoms with Crippen LogP contribution in [0.4, 0.5) is 0 Å². The number of rotatable bonds is 7. The highest BCUT2D eigenvalue weighted by atomic mass is 16.5. The Morgan fingerprint density at radius 2 is 1.83 bits per heavy atom. The van der Waals surface area contributed by atoms with Crippen molar-refractivity contribution in [3.05, 3.63) is 65.7 Å². The zero-order valence-electron chi connectivity index (χ0n) is 13.9. The van der Waals surface area contributed by atoms with Gasteiger partial charge in [0.25, 0.3) is 5.91 Å². The lowest BCUT2D eigenvalue weighted by Gasteiger charge is -2.31. The molecule has 0 aliphatic heterocycles. The third kappa shape index (κ3) is 3.60. The number of ether oxygens (including phenoxy) is 1. The SMILES string of the molecule is COc1ccccc1C(=O)N(Cc1ccccc1)C(CO)C1CC1. The number of benzene rings is 2. The molecule has 2 aromatic rings. The van der Waals surface area contributed by atoms with Gasteiger partial charge in [-0.05, 0) is 36.5 Å². The van der Waals surface area contributed by atoms with Crippen LogP contribution in [0.2, 0.25) is 0 Å². The van der Waals surface area contributed by atoms with Crippen molar-refractivity contribution in [3.63, 3.8) is 0 Å². The van der Waals surface area contributed by atoms with Crippen molar-refractivity contribution in [1.82, 2.24) is 4.90 Å². The van der Waals surface area contributed by atoms with Crippen LogP contribution in [0.3, 0.4) is 0 Å². The summed E-state index contributed by atoms with van der Waals surface area (Å²) in [5.74, 6) is 0.854. The molecular formula is C20H23NO3. The second-order valence-electron chi connectivity index (χ2n) is 6.21. The van der Waals surface area contributed by atoms with Crippen LogP contribution < -0.4 is 4.74 Å². The number of nitrogens with zero attached hydrogens (tertiary/aromatic N) is 1. The van der Waals surface area contributed by atoms with Crippen LogP contribution in [0.5, 0.6) is 5.75 Å². The van der Waals surface area contributed by atoms with Gasteiger partial charge < -0.3 is 14.7 Å². The molecule has 24 heavy (non-hydrogen) atoms. The first kappa shape index (κ1) is 16.5. The molecule has 1 saturated carbocycles. The summed E-state index contributed by atoms with van der Waals surface area (Å²) in [5.41, 5.74) is 1.59. The standard InChI is InChI=1S/C20H23NO3/c1-24-19-10-6-5-9-17(19)20(23)21(18(14-22)16-11-12-16)13-15-7-3-2-4-8-15/h2-10,16,18,22H,11-14H2,1H3. The molecule has 0 bridgehead atoms. The van der Waals surface area contributed by atoms with E-state index >= 15 is 0 Å². The molecule has 1 unspecified atom stereocenters. The normalized spacial score (nSPS) is 14.9. The van der Waals surface area contributed by atoms with Gasteiger partial charge in [-0.3, -0.25) is 4.79 Å². The minimum absolute atomic E-state index is 0.0155. The predicted octanol–water partition coefficient (Wildman–Crippen LogP) is 3.11. The molecule has 126 valence electrons. The molecule has 0 aromatic heterocycles. The number of methoxy groups -OCH3 is 1. The Kier molecular flexibility index (Phi) is 5.16. The predicted molar refractivity (Wildman–Crippen MR) is 92.9 cm³/mol. The Bertz CT molecular complexity index is 682. The maximum absolute atomic E-state index is 13.2. The number of carbonyl (C=O) groups excluding carboxylic acids is 1. The highest BCUT2D eigenvalue weighted by molar-refractivity contribution is 5.97. The third-order valence-electron chi connectivity index (χ3n) is 4.55. The molecular weight excluding hydrogens is 302 g/mol. The number of carbonyl (C=O) groups is 1. The Morgan fingerprint density at radius 1 is 1.17 bits per heavy atom. The zero-order valence-corrected chi connectivity index (χ0v) is 13.9. The molecule has 0 radical (unpaired) electrons. The topological polar surface area (TPSA) is 49.8 Å². The van der Waals surface area contributed by atoms with Crippen molar-refractivity contribution in [3.8, 4) is 5.75 Å². The van der Waals surface area contributed by atoms with E-state index in [0.717, 1.165) is 18.4 Å². The quantitative estimate of drug-likeness (QED) is 0.851. The summed E-state index contributed by atoms with van der Waals surface area (Å²) in [6.07, 6.45) is 2.13. The summed E-state index contributed by atoms with van der Waals surface area (Å²) in [5, 5.41) is 9.88. The van der Waals surface area contributed by atoms with E-state index in [1.807, 2.05) is 42.5 Å². The van der Waals surface area contributed by atoms with Gasteiger partial charge in [0, 0.05) is 6.54 Å². The van der Waals surface area contributed by atoms with Crippen molar-refractivity contribution in [2.45, 2.75) is 25.4 Å². The minimum atomic E-state index is -0.150. The van der Waals surface area contributed by atoms with Gasteiger partial charge in [-0.2, -0.15) is 0 Å². The summed E-state index contributed by atoms with van der Waals surface area (Å²) < 4.78 is 5.35. The molecule has 3 rings (SSSR count). The number of aliphatic hydroxyl groups excluding tert-OH is 1. The molecule has 1 amide bonds. The Balaban J connectivity index is 1.92. The molecule has 1 N–H and O–H groups in total. The van der Waals surface area contributed by atoms with Gasteiger partial charge in [-0.1, -0.05) is 42.5 Å². The van der Waals surface area contributed by atoms with E-state index in [1.165, 1.54) is 0 Å². The van der Waals surface area contributed by atoms with Crippen LogP contribution in [0.25, 0.3) is 0 Å². The van der Waals surface area contributed by atoms with Crippen molar-refractivity contribution in [1.29, 1.82) is 0 Å². The number of hydrogen-bond acceptors (Lipinski definition) is 3. The average molecular weight is 325 g/mol. The number of amides is 1. The largest absolute Gasteiger partial charge is 0.496 e. The van der Waals surface area contributed by atoms with Gasteiger partial charge in [-0.25, -0.2) is 0 Å². The van der Waals surface area contributed by atoms with Crippen LogP contribution in [0.15, 0.2) is 54.6 Å². The van der Waals surface area contributed by atoms with E-state index in [1.54, 1.807) is 24.1 Å². The van der Waals surface area contributed by atoms with Gasteiger partial charge in [0.2, 0.25) is 0 Å². The monoisotopic (exact) mass is 325 g/mol. The fraction of sp³-hybridized carbons (Fsp3) is 0.350. The Labute approximate surface area is 142 Å². The molecule has 0 spiro atoms. The maximum atomic E-state index is 13.2. The second-order valence-corrected chi connectivity index (χ2v) is 6.21. The molecule has 1 fully saturated rings. The van der Waals surface area contributed by atoms with Crippen LogP contribution in [0.1, 0.15) is 28.8 Å². The average Bonchev–Trinajstić information content (AvgIpc) is 3.47. The molecule has 1 atom stereocenters. The maximum Gasteiger partial charge on any atom is 0.258 e. The fourth-order valence-electron chi connectivity index (χ4n) is 3.08. The molecule has 1 aliphatic rings. The first-order chi connectivity index (χ1) is 11.7. The molecule has 0 heterocycles. The van der Waals surface area contributed by atoms with E-state index in [9.17, 15) is 9.90 Å². The third-order valence-corrected chi connectivity index (χ3v) is 4.55. The molecule has 0 saturated heterocycles. The van der Waals surface area contributed by atoms with Crippen LogP contribution in [0, 0.1) is 5.92 Å². The number of para-hydroxylation sites is 1.